The van der Waals surface area contributed by atoms with E-state index in [1.807, 2.05) is 35.8 Å². The fourth-order valence-electron chi connectivity index (χ4n) is 8.27. The van der Waals surface area contributed by atoms with Gasteiger partial charge in [-0.05, 0) is 72.8 Å². The van der Waals surface area contributed by atoms with Crippen LogP contribution in [0.25, 0.3) is 10.9 Å². The van der Waals surface area contributed by atoms with Crippen LogP contribution in [0.5, 0.6) is 0 Å². The number of hydrogen-bond acceptors (Lipinski definition) is 5. The smallest absolute Gasteiger partial charge is 0.251 e. The van der Waals surface area contributed by atoms with Gasteiger partial charge < -0.3 is 14.6 Å². The number of aromatic nitrogens is 1. The Hall–Kier alpha value is -2.51. The molecule has 0 spiro atoms. The third-order valence-electron chi connectivity index (χ3n) is 10.3. The zero-order chi connectivity index (χ0) is 24.7. The maximum atomic E-state index is 13.2. The number of para-hydroxylation sites is 1. The van der Waals surface area contributed by atoms with Crippen molar-refractivity contribution in [3.05, 3.63) is 46.8 Å². The Labute approximate surface area is 211 Å². The lowest BCUT2D eigenvalue weighted by Gasteiger charge is -2.33. The standard InChI is InChI=1S/C29H35N3O4/c1-16-21-13-22(27(16)34)26-25(21)28(35)31(29(26)36)15-19-12-18(19)14-30-10-8-20(9-11-30)32-23-5-3-2-4-17(23)6-7-24(32)33/h2-7,16,18-22,25-27,34H,8-15H2,1H3/t16?,18-,19-,21?,22?,25?,26?,27?/m1/s1. The van der Waals surface area contributed by atoms with Crippen LogP contribution in [0.2, 0.25) is 0 Å². The number of carbonyl (C=O) groups excluding carboxylic acids is 2. The van der Waals surface area contributed by atoms with E-state index < -0.39 is 6.10 Å². The zero-order valence-electron chi connectivity index (χ0n) is 20.8. The van der Waals surface area contributed by atoms with Crippen molar-refractivity contribution in [1.29, 1.82) is 0 Å². The largest absolute Gasteiger partial charge is 0.393 e. The Morgan fingerprint density at radius 2 is 1.56 bits per heavy atom. The molecule has 2 saturated heterocycles. The van der Waals surface area contributed by atoms with Crippen LogP contribution in [-0.4, -0.2) is 63.6 Å². The van der Waals surface area contributed by atoms with Crippen LogP contribution < -0.4 is 5.56 Å². The summed E-state index contributed by atoms with van der Waals surface area (Å²) in [4.78, 5) is 43.1. The Bertz CT molecular complexity index is 1250. The average Bonchev–Trinajstić information content (AvgIpc) is 3.28. The number of imide groups is 1. The number of aliphatic hydroxyl groups is 1. The van der Waals surface area contributed by atoms with Crippen LogP contribution in [0.4, 0.5) is 0 Å². The number of hydrogen-bond donors (Lipinski definition) is 1. The van der Waals surface area contributed by atoms with Crippen LogP contribution in [0.1, 0.15) is 38.6 Å². The Morgan fingerprint density at radius 1 is 0.861 bits per heavy atom. The summed E-state index contributed by atoms with van der Waals surface area (Å²) < 4.78 is 1.99. The van der Waals surface area contributed by atoms with Crippen molar-refractivity contribution in [2.45, 2.75) is 44.8 Å². The molecule has 0 radical (unpaired) electrons. The second kappa shape index (κ2) is 8.25. The van der Waals surface area contributed by atoms with Gasteiger partial charge in [-0.2, -0.15) is 0 Å². The average molecular weight is 490 g/mol. The quantitative estimate of drug-likeness (QED) is 0.653. The number of aliphatic hydroxyl groups excluding tert-OH is 1. The van der Waals surface area contributed by atoms with Crippen molar-refractivity contribution in [1.82, 2.24) is 14.4 Å². The highest BCUT2D eigenvalue weighted by Gasteiger charge is 2.66. The normalized spacial score (nSPS) is 38.3. The predicted octanol–water partition coefficient (Wildman–Crippen LogP) is 2.52. The van der Waals surface area contributed by atoms with E-state index in [0.29, 0.717) is 18.4 Å². The highest BCUT2D eigenvalue weighted by Crippen LogP contribution is 2.59. The number of likely N-dealkylation sites (tertiary alicyclic amines) is 2. The summed E-state index contributed by atoms with van der Waals surface area (Å²) in [6, 6.07) is 11.9. The number of benzene rings is 1. The van der Waals surface area contributed by atoms with Gasteiger partial charge in [0.25, 0.3) is 5.56 Å². The molecule has 1 aromatic carbocycles. The number of pyridine rings is 1. The molecule has 3 heterocycles. The van der Waals surface area contributed by atoms with Gasteiger partial charge in [0.15, 0.2) is 0 Å². The molecule has 3 aliphatic carbocycles. The van der Waals surface area contributed by atoms with Crippen LogP contribution in [-0.2, 0) is 9.59 Å². The van der Waals surface area contributed by atoms with Crippen molar-refractivity contribution in [3.8, 4) is 0 Å². The molecule has 7 rings (SSSR count). The molecule has 3 saturated carbocycles. The lowest BCUT2D eigenvalue weighted by molar-refractivity contribution is -0.141. The van der Waals surface area contributed by atoms with Gasteiger partial charge in [0, 0.05) is 38.3 Å². The molecule has 8 atom stereocenters. The molecule has 2 aliphatic heterocycles. The number of nitrogens with zero attached hydrogens (tertiary/aromatic N) is 3. The number of fused-ring (bicyclic) bond motifs is 6. The summed E-state index contributed by atoms with van der Waals surface area (Å²) in [5.74, 6) is 0.744. The van der Waals surface area contributed by atoms with Crippen molar-refractivity contribution < 1.29 is 14.7 Å². The van der Waals surface area contributed by atoms with E-state index in [9.17, 15) is 19.5 Å². The zero-order valence-corrected chi connectivity index (χ0v) is 20.8. The maximum Gasteiger partial charge on any atom is 0.251 e. The number of amides is 2. The minimum Gasteiger partial charge on any atom is -0.393 e. The van der Waals surface area contributed by atoms with E-state index >= 15 is 0 Å². The lowest BCUT2D eigenvalue weighted by Crippen LogP contribution is -2.39. The van der Waals surface area contributed by atoms with Crippen molar-refractivity contribution >= 4 is 22.7 Å². The molecule has 5 fully saturated rings. The van der Waals surface area contributed by atoms with Crippen molar-refractivity contribution in [2.75, 3.05) is 26.2 Å². The van der Waals surface area contributed by atoms with Crippen LogP contribution in [0.3, 0.4) is 0 Å². The van der Waals surface area contributed by atoms with Gasteiger partial charge in [-0.25, -0.2) is 0 Å². The Morgan fingerprint density at radius 3 is 2.33 bits per heavy atom. The van der Waals surface area contributed by atoms with E-state index in [1.54, 1.807) is 11.0 Å². The van der Waals surface area contributed by atoms with E-state index in [4.69, 9.17) is 0 Å². The highest BCUT2D eigenvalue weighted by atomic mass is 16.3. The maximum absolute atomic E-state index is 13.2. The van der Waals surface area contributed by atoms with Crippen LogP contribution in [0.15, 0.2) is 41.2 Å². The predicted molar refractivity (Wildman–Crippen MR) is 135 cm³/mol. The summed E-state index contributed by atoms with van der Waals surface area (Å²) in [6.07, 6.45) is 3.38. The first-order valence-corrected chi connectivity index (χ1v) is 13.8. The van der Waals surface area contributed by atoms with E-state index in [1.165, 1.54) is 0 Å². The first kappa shape index (κ1) is 22.7. The molecule has 2 bridgehead atoms. The van der Waals surface area contributed by atoms with Gasteiger partial charge in [0.1, 0.15) is 0 Å². The molecule has 6 unspecified atom stereocenters. The van der Waals surface area contributed by atoms with Gasteiger partial charge in [-0.3, -0.25) is 19.3 Å². The minimum atomic E-state index is -0.436. The molecule has 2 amide bonds. The Kier molecular flexibility index (Phi) is 5.20. The molecule has 7 heteroatoms. The Balaban J connectivity index is 0.951. The molecule has 2 aromatic rings. The number of carbonyl (C=O) groups is 2. The molecule has 5 aliphatic rings. The summed E-state index contributed by atoms with van der Waals surface area (Å²) in [5, 5.41) is 11.6. The number of rotatable bonds is 5. The number of piperidine rings is 1. The molecular formula is C29H35N3O4. The molecule has 36 heavy (non-hydrogen) atoms. The van der Waals surface area contributed by atoms with Crippen molar-refractivity contribution in [3.63, 3.8) is 0 Å². The van der Waals surface area contributed by atoms with Gasteiger partial charge in [0.2, 0.25) is 11.8 Å². The SMILES string of the molecule is CC1C(O)C2CC1C1C(=O)N(C[C@H]3C[C@@H]3CN3CCC(n4c(=O)ccc5ccccc54)CC3)C(=O)C21. The second-order valence-electron chi connectivity index (χ2n) is 12.1. The summed E-state index contributed by atoms with van der Waals surface area (Å²) in [5.41, 5.74) is 1.10. The van der Waals surface area contributed by atoms with Crippen molar-refractivity contribution in [2.24, 2.45) is 41.4 Å². The fourth-order valence-corrected chi connectivity index (χ4v) is 8.27. The fraction of sp³-hybridized carbons (Fsp3) is 0.621. The van der Waals surface area contributed by atoms with E-state index in [0.717, 1.165) is 56.2 Å². The molecular weight excluding hydrogens is 454 g/mol. The summed E-state index contributed by atoms with van der Waals surface area (Å²) >= 11 is 0. The molecule has 1 N–H and O–H groups in total. The highest BCUT2D eigenvalue weighted by molar-refractivity contribution is 6.06. The van der Waals surface area contributed by atoms with E-state index in [-0.39, 0.29) is 53.0 Å². The third kappa shape index (κ3) is 3.35. The lowest BCUT2D eigenvalue weighted by atomic mass is 9.74. The van der Waals surface area contributed by atoms with Gasteiger partial charge in [-0.1, -0.05) is 25.1 Å². The van der Waals surface area contributed by atoms with E-state index in [2.05, 4.69) is 11.0 Å². The van der Waals surface area contributed by atoms with Crippen LogP contribution >= 0.6 is 0 Å². The van der Waals surface area contributed by atoms with Gasteiger partial charge >= 0.3 is 0 Å². The van der Waals surface area contributed by atoms with Gasteiger partial charge in [0.05, 0.1) is 23.5 Å². The first-order valence-electron chi connectivity index (χ1n) is 13.8. The summed E-state index contributed by atoms with van der Waals surface area (Å²) in [7, 11) is 0. The third-order valence-corrected chi connectivity index (χ3v) is 10.3. The molecule has 7 nitrogen and oxygen atoms in total. The molecule has 190 valence electrons. The second-order valence-corrected chi connectivity index (χ2v) is 12.1. The monoisotopic (exact) mass is 489 g/mol. The summed E-state index contributed by atoms with van der Waals surface area (Å²) in [6.45, 7) is 5.53. The minimum absolute atomic E-state index is 0.0181. The van der Waals surface area contributed by atoms with Crippen LogP contribution in [0, 0.1) is 41.4 Å². The topological polar surface area (TPSA) is 82.8 Å². The molecule has 1 aromatic heterocycles. The van der Waals surface area contributed by atoms with Gasteiger partial charge in [-0.15, -0.1) is 0 Å². The first-order chi connectivity index (χ1) is 17.4.